The van der Waals surface area contributed by atoms with Crippen LogP contribution in [0.1, 0.15) is 22.8 Å². The topological polar surface area (TPSA) is 83.0 Å². The lowest BCUT2D eigenvalue weighted by molar-refractivity contribution is 0.0527. The highest BCUT2D eigenvalue weighted by Crippen LogP contribution is 2.33. The Kier molecular flexibility index (Phi) is 3.10. The van der Waals surface area contributed by atoms with Crippen molar-refractivity contribution < 1.29 is 9.53 Å². The minimum absolute atomic E-state index is 0.326. The number of rotatable bonds is 3. The van der Waals surface area contributed by atoms with Crippen LogP contribution in [-0.2, 0) is 4.74 Å². The second kappa shape index (κ2) is 4.54. The number of anilines is 1. The first-order chi connectivity index (χ1) is 8.15. The molecule has 0 aliphatic heterocycles. The van der Waals surface area contributed by atoms with Crippen LogP contribution >= 0.6 is 11.3 Å². The van der Waals surface area contributed by atoms with Crippen molar-refractivity contribution in [3.05, 3.63) is 23.8 Å². The number of nitrogen functional groups attached to an aromatic ring is 1. The van der Waals surface area contributed by atoms with E-state index < -0.39 is 5.97 Å². The molecule has 2 N–H and O–H groups in total. The molecule has 0 saturated carbocycles. The van der Waals surface area contributed by atoms with Crippen LogP contribution in [0.2, 0.25) is 0 Å². The highest BCUT2D eigenvalue weighted by Gasteiger charge is 2.21. The van der Waals surface area contributed by atoms with Gasteiger partial charge >= 0.3 is 5.97 Å². The molecular formula is C10H12N4O2S. The van der Waals surface area contributed by atoms with E-state index >= 15 is 0 Å². The summed E-state index contributed by atoms with van der Waals surface area (Å²) in [7, 11) is 0. The maximum Gasteiger partial charge on any atom is 0.341 e. The van der Waals surface area contributed by atoms with Crippen molar-refractivity contribution in [3.63, 3.8) is 0 Å². The third-order valence-corrected chi connectivity index (χ3v) is 3.37. The average molecular weight is 252 g/mol. The third-order valence-electron chi connectivity index (χ3n) is 2.26. The lowest BCUT2D eigenvalue weighted by Gasteiger charge is -2.02. The molecule has 0 amide bonds. The van der Waals surface area contributed by atoms with E-state index in [-0.39, 0.29) is 0 Å². The van der Waals surface area contributed by atoms with Crippen LogP contribution in [-0.4, -0.2) is 27.3 Å². The van der Waals surface area contributed by atoms with E-state index in [1.165, 1.54) is 17.7 Å². The summed E-state index contributed by atoms with van der Waals surface area (Å²) in [5.74, 6) is -0.398. The Morgan fingerprint density at radius 1 is 1.65 bits per heavy atom. The number of aromatic nitrogens is 3. The van der Waals surface area contributed by atoms with E-state index in [0.29, 0.717) is 17.2 Å². The predicted molar refractivity (Wildman–Crippen MR) is 64.3 cm³/mol. The molecule has 2 aromatic rings. The molecule has 2 rings (SSSR count). The molecule has 90 valence electrons. The number of carbonyl (C=O) groups is 1. The molecule has 6 nitrogen and oxygen atoms in total. The van der Waals surface area contributed by atoms with Gasteiger partial charge in [0.25, 0.3) is 0 Å². The fourth-order valence-electron chi connectivity index (χ4n) is 1.51. The van der Waals surface area contributed by atoms with Crippen LogP contribution in [0.3, 0.4) is 0 Å². The molecule has 0 saturated heterocycles. The van der Waals surface area contributed by atoms with Gasteiger partial charge in [-0.2, -0.15) is 5.10 Å². The van der Waals surface area contributed by atoms with Gasteiger partial charge in [-0.1, -0.05) is 11.3 Å². The van der Waals surface area contributed by atoms with Crippen LogP contribution in [0.15, 0.2) is 12.7 Å². The first-order valence-electron chi connectivity index (χ1n) is 5.06. The van der Waals surface area contributed by atoms with Crippen molar-refractivity contribution >= 4 is 22.3 Å². The fraction of sp³-hybridized carbons (Fsp3) is 0.300. The summed E-state index contributed by atoms with van der Waals surface area (Å²) in [6.07, 6.45) is 2.99. The number of nitrogens with zero attached hydrogens (tertiary/aromatic N) is 3. The summed E-state index contributed by atoms with van der Waals surface area (Å²) in [5.41, 5.74) is 7.02. The molecule has 0 bridgehead atoms. The zero-order chi connectivity index (χ0) is 12.4. The van der Waals surface area contributed by atoms with Crippen molar-refractivity contribution in [1.29, 1.82) is 0 Å². The number of ether oxygens (including phenoxy) is 1. The van der Waals surface area contributed by atoms with Crippen LogP contribution < -0.4 is 5.73 Å². The number of thiophene rings is 1. The average Bonchev–Trinajstić information content (AvgIpc) is 2.87. The molecule has 0 aliphatic carbocycles. The molecule has 0 radical (unpaired) electrons. The Balaban J connectivity index is 2.46. The van der Waals surface area contributed by atoms with Gasteiger partial charge < -0.3 is 10.5 Å². The molecule has 0 unspecified atom stereocenters. The zero-order valence-electron chi connectivity index (χ0n) is 9.51. The third kappa shape index (κ3) is 2.01. The molecular weight excluding hydrogens is 240 g/mol. The lowest BCUT2D eigenvalue weighted by Crippen LogP contribution is -2.07. The lowest BCUT2D eigenvalue weighted by atomic mass is 10.2. The Labute approximate surface area is 102 Å². The zero-order valence-corrected chi connectivity index (χ0v) is 10.3. The minimum Gasteiger partial charge on any atom is -0.462 e. The van der Waals surface area contributed by atoms with Gasteiger partial charge in [0, 0.05) is 5.56 Å². The maximum absolute atomic E-state index is 11.7. The van der Waals surface area contributed by atoms with Gasteiger partial charge in [0.15, 0.2) is 0 Å². The molecule has 0 spiro atoms. The number of hydrogen-bond acceptors (Lipinski definition) is 6. The van der Waals surface area contributed by atoms with Gasteiger partial charge in [-0.3, -0.25) is 0 Å². The standard InChI is InChI=1S/C10H12N4O2S/c1-3-16-10(15)7-6(2)9(17-8(7)11)14-5-12-4-13-14/h4-5H,3,11H2,1-2H3. The largest absolute Gasteiger partial charge is 0.462 e. The van der Waals surface area contributed by atoms with Crippen molar-refractivity contribution in [2.45, 2.75) is 13.8 Å². The Morgan fingerprint density at radius 3 is 3.00 bits per heavy atom. The highest BCUT2D eigenvalue weighted by atomic mass is 32.1. The first kappa shape index (κ1) is 11.6. The molecule has 0 atom stereocenters. The van der Waals surface area contributed by atoms with Crippen molar-refractivity contribution in [2.24, 2.45) is 0 Å². The Bertz CT molecular complexity index is 533. The van der Waals surface area contributed by atoms with Crippen molar-refractivity contribution in [3.8, 4) is 5.00 Å². The highest BCUT2D eigenvalue weighted by molar-refractivity contribution is 7.19. The van der Waals surface area contributed by atoms with Gasteiger partial charge in [-0.25, -0.2) is 14.5 Å². The summed E-state index contributed by atoms with van der Waals surface area (Å²) in [6, 6.07) is 0. The quantitative estimate of drug-likeness (QED) is 0.835. The van der Waals surface area contributed by atoms with Gasteiger partial charge in [-0.15, -0.1) is 0 Å². The van der Waals surface area contributed by atoms with Crippen molar-refractivity contribution in [1.82, 2.24) is 14.8 Å². The van der Waals surface area contributed by atoms with E-state index in [9.17, 15) is 4.79 Å². The molecule has 0 fully saturated rings. The summed E-state index contributed by atoms with van der Waals surface area (Å²) >= 11 is 1.29. The van der Waals surface area contributed by atoms with Crippen LogP contribution in [0.25, 0.3) is 5.00 Å². The van der Waals surface area contributed by atoms with Crippen LogP contribution in [0.4, 0.5) is 5.00 Å². The summed E-state index contributed by atoms with van der Waals surface area (Å²) in [4.78, 5) is 15.6. The van der Waals surface area contributed by atoms with E-state index in [2.05, 4.69) is 10.1 Å². The molecule has 2 heterocycles. The smallest absolute Gasteiger partial charge is 0.341 e. The van der Waals surface area contributed by atoms with Gasteiger partial charge in [0.1, 0.15) is 22.7 Å². The first-order valence-corrected chi connectivity index (χ1v) is 5.87. The number of esters is 1. The summed E-state index contributed by atoms with van der Waals surface area (Å²) < 4.78 is 6.55. The van der Waals surface area contributed by atoms with Gasteiger partial charge in [0.05, 0.1) is 12.2 Å². The van der Waals surface area contributed by atoms with E-state index in [0.717, 1.165) is 10.6 Å². The number of hydrogen-bond donors (Lipinski definition) is 1. The van der Waals surface area contributed by atoms with Gasteiger partial charge in [0.2, 0.25) is 0 Å². The molecule has 2 aromatic heterocycles. The second-order valence-electron chi connectivity index (χ2n) is 3.33. The predicted octanol–water partition coefficient (Wildman–Crippen LogP) is 1.40. The summed E-state index contributed by atoms with van der Waals surface area (Å²) in [6.45, 7) is 3.90. The number of nitrogens with two attached hydrogens (primary N) is 1. The van der Waals surface area contributed by atoms with Crippen LogP contribution in [0.5, 0.6) is 0 Å². The normalized spacial score (nSPS) is 10.5. The fourth-order valence-corrected chi connectivity index (χ4v) is 2.50. The van der Waals surface area contributed by atoms with Crippen molar-refractivity contribution in [2.75, 3.05) is 12.3 Å². The van der Waals surface area contributed by atoms with E-state index in [1.807, 2.05) is 6.92 Å². The van der Waals surface area contributed by atoms with E-state index in [4.69, 9.17) is 10.5 Å². The Morgan fingerprint density at radius 2 is 2.41 bits per heavy atom. The molecule has 7 heteroatoms. The SMILES string of the molecule is CCOC(=O)c1c(N)sc(-n2cncn2)c1C. The molecule has 0 aliphatic rings. The van der Waals surface area contributed by atoms with E-state index in [1.54, 1.807) is 17.9 Å². The van der Waals surface area contributed by atoms with Gasteiger partial charge in [-0.05, 0) is 13.8 Å². The Hall–Kier alpha value is -1.89. The van der Waals surface area contributed by atoms with Crippen LogP contribution in [0, 0.1) is 6.92 Å². The molecule has 17 heavy (non-hydrogen) atoms. The maximum atomic E-state index is 11.7. The number of carbonyl (C=O) groups excluding carboxylic acids is 1. The molecule has 0 aromatic carbocycles. The monoisotopic (exact) mass is 252 g/mol. The minimum atomic E-state index is -0.398. The second-order valence-corrected chi connectivity index (χ2v) is 4.36. The summed E-state index contributed by atoms with van der Waals surface area (Å²) in [5, 5.41) is 5.23.